The molecule has 5 heteroatoms. The zero-order valence-corrected chi connectivity index (χ0v) is 13.7. The summed E-state index contributed by atoms with van der Waals surface area (Å²) >= 11 is 0. The van der Waals surface area contributed by atoms with E-state index in [1.165, 1.54) is 12.8 Å². The molecule has 1 amide bonds. The van der Waals surface area contributed by atoms with Gasteiger partial charge in [-0.15, -0.1) is 0 Å². The number of hydrogen-bond donors (Lipinski definition) is 1. The molecule has 0 aliphatic carbocycles. The summed E-state index contributed by atoms with van der Waals surface area (Å²) in [6, 6.07) is 5.26. The second-order valence-corrected chi connectivity index (χ2v) is 5.80. The summed E-state index contributed by atoms with van der Waals surface area (Å²) in [5, 5.41) is 0. The Morgan fingerprint density at radius 2 is 2.09 bits per heavy atom. The molecule has 0 unspecified atom stereocenters. The predicted octanol–water partition coefficient (Wildman–Crippen LogP) is 2.23. The van der Waals surface area contributed by atoms with E-state index in [2.05, 4.69) is 11.8 Å². The van der Waals surface area contributed by atoms with Crippen LogP contribution in [0.3, 0.4) is 0 Å². The van der Waals surface area contributed by atoms with Crippen molar-refractivity contribution in [1.29, 1.82) is 0 Å². The molecule has 5 nitrogen and oxygen atoms in total. The van der Waals surface area contributed by atoms with Crippen molar-refractivity contribution >= 4 is 11.6 Å². The Kier molecular flexibility index (Phi) is 6.07. The maximum Gasteiger partial charge on any atom is 0.253 e. The van der Waals surface area contributed by atoms with E-state index in [9.17, 15) is 4.79 Å². The Morgan fingerprint density at radius 1 is 1.27 bits per heavy atom. The number of benzene rings is 1. The number of methoxy groups -OCH3 is 1. The molecule has 0 atom stereocenters. The van der Waals surface area contributed by atoms with Gasteiger partial charge in [0.05, 0.1) is 12.8 Å². The fourth-order valence-corrected chi connectivity index (χ4v) is 2.83. The molecule has 1 heterocycles. The molecular weight excluding hydrogens is 278 g/mol. The van der Waals surface area contributed by atoms with Crippen LogP contribution in [0.1, 0.15) is 36.5 Å². The summed E-state index contributed by atoms with van der Waals surface area (Å²) in [7, 11) is 1.58. The van der Waals surface area contributed by atoms with Crippen LogP contribution in [-0.2, 0) is 0 Å². The molecule has 22 heavy (non-hydrogen) atoms. The number of nitrogens with zero attached hydrogens (tertiary/aromatic N) is 2. The van der Waals surface area contributed by atoms with E-state index < -0.39 is 0 Å². The van der Waals surface area contributed by atoms with Gasteiger partial charge in [-0.25, -0.2) is 0 Å². The third-order valence-corrected chi connectivity index (χ3v) is 4.18. The van der Waals surface area contributed by atoms with E-state index in [0.717, 1.165) is 39.1 Å². The van der Waals surface area contributed by atoms with Crippen LogP contribution in [0.4, 0.5) is 5.69 Å². The van der Waals surface area contributed by atoms with Crippen LogP contribution < -0.4 is 10.5 Å². The number of carbonyl (C=O) groups is 1. The van der Waals surface area contributed by atoms with Gasteiger partial charge < -0.3 is 20.3 Å². The molecule has 0 radical (unpaired) electrons. The van der Waals surface area contributed by atoms with Crippen molar-refractivity contribution in [2.45, 2.75) is 26.2 Å². The zero-order valence-electron chi connectivity index (χ0n) is 13.7. The summed E-state index contributed by atoms with van der Waals surface area (Å²) in [6.45, 7) is 6.98. The van der Waals surface area contributed by atoms with Gasteiger partial charge in [0.1, 0.15) is 5.75 Å². The molecule has 1 aromatic rings. The number of ether oxygens (including phenoxy) is 1. The lowest BCUT2D eigenvalue weighted by Crippen LogP contribution is -2.35. The van der Waals surface area contributed by atoms with Gasteiger partial charge in [0.2, 0.25) is 0 Å². The highest BCUT2D eigenvalue weighted by Crippen LogP contribution is 2.23. The van der Waals surface area contributed by atoms with Gasteiger partial charge in [-0.1, -0.05) is 13.3 Å². The fourth-order valence-electron chi connectivity index (χ4n) is 2.83. The SMILES string of the molecule is CCCCN1CCCN(C(=O)c2ccc(OC)c(N)c2)CC1. The third-order valence-electron chi connectivity index (χ3n) is 4.18. The Morgan fingerprint density at radius 3 is 2.77 bits per heavy atom. The minimum atomic E-state index is 0.0618. The van der Waals surface area contributed by atoms with Crippen molar-refractivity contribution in [2.75, 3.05) is 45.6 Å². The molecule has 0 spiro atoms. The minimum Gasteiger partial charge on any atom is -0.495 e. The van der Waals surface area contributed by atoms with Crippen molar-refractivity contribution in [2.24, 2.45) is 0 Å². The third kappa shape index (κ3) is 4.13. The van der Waals surface area contributed by atoms with Gasteiger partial charge in [0, 0.05) is 25.2 Å². The molecule has 0 aromatic heterocycles. The molecule has 1 aromatic carbocycles. The van der Waals surface area contributed by atoms with Crippen LogP contribution >= 0.6 is 0 Å². The number of hydrogen-bond acceptors (Lipinski definition) is 4. The smallest absolute Gasteiger partial charge is 0.253 e. The lowest BCUT2D eigenvalue weighted by molar-refractivity contribution is 0.0761. The first-order chi connectivity index (χ1) is 10.7. The summed E-state index contributed by atoms with van der Waals surface area (Å²) in [5.41, 5.74) is 7.05. The van der Waals surface area contributed by atoms with E-state index >= 15 is 0 Å². The van der Waals surface area contributed by atoms with E-state index in [1.54, 1.807) is 25.3 Å². The summed E-state index contributed by atoms with van der Waals surface area (Å²) < 4.78 is 5.14. The van der Waals surface area contributed by atoms with Crippen LogP contribution in [0.15, 0.2) is 18.2 Å². The van der Waals surface area contributed by atoms with Crippen LogP contribution in [-0.4, -0.2) is 55.5 Å². The highest BCUT2D eigenvalue weighted by Gasteiger charge is 2.20. The van der Waals surface area contributed by atoms with E-state index in [4.69, 9.17) is 10.5 Å². The van der Waals surface area contributed by atoms with Crippen LogP contribution in [0.5, 0.6) is 5.75 Å². The van der Waals surface area contributed by atoms with Gasteiger partial charge in [0.15, 0.2) is 0 Å². The molecule has 0 saturated carbocycles. The number of nitrogens with two attached hydrogens (primary N) is 1. The second kappa shape index (κ2) is 8.03. The monoisotopic (exact) mass is 305 g/mol. The molecule has 2 N–H and O–H groups in total. The number of unbranched alkanes of at least 4 members (excludes halogenated alkanes) is 1. The van der Waals surface area contributed by atoms with Gasteiger partial charge in [-0.3, -0.25) is 4.79 Å². The summed E-state index contributed by atoms with van der Waals surface area (Å²) in [4.78, 5) is 17.0. The number of amides is 1. The van der Waals surface area contributed by atoms with E-state index in [-0.39, 0.29) is 5.91 Å². The van der Waals surface area contributed by atoms with Gasteiger partial charge in [-0.05, 0) is 44.1 Å². The molecule has 122 valence electrons. The molecule has 1 aliphatic rings. The van der Waals surface area contributed by atoms with Gasteiger partial charge >= 0.3 is 0 Å². The minimum absolute atomic E-state index is 0.0618. The van der Waals surface area contributed by atoms with Crippen LogP contribution in [0, 0.1) is 0 Å². The fraction of sp³-hybridized carbons (Fsp3) is 0.588. The molecule has 1 aliphatic heterocycles. The average Bonchev–Trinajstić information content (AvgIpc) is 2.77. The first-order valence-electron chi connectivity index (χ1n) is 8.11. The maximum absolute atomic E-state index is 12.6. The van der Waals surface area contributed by atoms with E-state index in [0.29, 0.717) is 17.0 Å². The van der Waals surface area contributed by atoms with Gasteiger partial charge in [-0.2, -0.15) is 0 Å². The van der Waals surface area contributed by atoms with E-state index in [1.807, 2.05) is 4.90 Å². The largest absolute Gasteiger partial charge is 0.495 e. The second-order valence-electron chi connectivity index (χ2n) is 5.80. The highest BCUT2D eigenvalue weighted by molar-refractivity contribution is 5.95. The van der Waals surface area contributed by atoms with Crippen LogP contribution in [0.25, 0.3) is 0 Å². The molecule has 1 saturated heterocycles. The number of carbonyl (C=O) groups excluding carboxylic acids is 1. The standard InChI is InChI=1S/C17H27N3O2/c1-3-4-8-19-9-5-10-20(12-11-19)17(21)14-6-7-16(22-2)15(18)13-14/h6-7,13H,3-5,8-12,18H2,1-2H3. The first-order valence-corrected chi connectivity index (χ1v) is 8.11. The molecule has 2 rings (SSSR count). The molecule has 0 bridgehead atoms. The Hall–Kier alpha value is -1.75. The number of nitrogen functional groups attached to an aromatic ring is 1. The first kappa shape index (κ1) is 16.6. The lowest BCUT2D eigenvalue weighted by Gasteiger charge is -2.22. The highest BCUT2D eigenvalue weighted by atomic mass is 16.5. The summed E-state index contributed by atoms with van der Waals surface area (Å²) in [6.07, 6.45) is 3.47. The topological polar surface area (TPSA) is 58.8 Å². The normalized spacial score (nSPS) is 16.4. The zero-order chi connectivity index (χ0) is 15.9. The average molecular weight is 305 g/mol. The number of rotatable bonds is 5. The predicted molar refractivity (Wildman–Crippen MR) is 89.3 cm³/mol. The number of anilines is 1. The van der Waals surface area contributed by atoms with Gasteiger partial charge in [0.25, 0.3) is 5.91 Å². The maximum atomic E-state index is 12.6. The Bertz CT molecular complexity index is 505. The van der Waals surface area contributed by atoms with Crippen molar-refractivity contribution in [3.8, 4) is 5.75 Å². The Labute approximate surface area is 133 Å². The van der Waals surface area contributed by atoms with Crippen molar-refractivity contribution in [3.63, 3.8) is 0 Å². The van der Waals surface area contributed by atoms with Crippen molar-refractivity contribution < 1.29 is 9.53 Å². The van der Waals surface area contributed by atoms with Crippen molar-refractivity contribution in [3.05, 3.63) is 23.8 Å². The quantitative estimate of drug-likeness (QED) is 0.848. The van der Waals surface area contributed by atoms with Crippen LogP contribution in [0.2, 0.25) is 0 Å². The molecule has 1 fully saturated rings. The lowest BCUT2D eigenvalue weighted by atomic mass is 10.1. The Balaban J connectivity index is 1.99. The van der Waals surface area contributed by atoms with Crippen molar-refractivity contribution in [1.82, 2.24) is 9.80 Å². The molecular formula is C17H27N3O2. The summed E-state index contributed by atoms with van der Waals surface area (Å²) in [5.74, 6) is 0.671.